The van der Waals surface area contributed by atoms with Gasteiger partial charge in [0.1, 0.15) is 6.33 Å². The van der Waals surface area contributed by atoms with Crippen molar-refractivity contribution >= 4 is 16.7 Å². The van der Waals surface area contributed by atoms with Gasteiger partial charge in [0, 0.05) is 24.7 Å². The summed E-state index contributed by atoms with van der Waals surface area (Å²) in [7, 11) is 0. The van der Waals surface area contributed by atoms with E-state index in [0.29, 0.717) is 5.92 Å². The number of aliphatic hydroxyl groups excluding tert-OH is 1. The average molecular weight is 201 g/mol. The minimum atomic E-state index is 0.260. The molecule has 0 bridgehead atoms. The van der Waals surface area contributed by atoms with E-state index in [1.54, 1.807) is 6.33 Å². The van der Waals surface area contributed by atoms with Gasteiger partial charge >= 0.3 is 0 Å². The lowest BCUT2D eigenvalue weighted by molar-refractivity contribution is 0.258. The Labute approximate surface area is 82.2 Å². The van der Waals surface area contributed by atoms with Crippen molar-refractivity contribution in [3.8, 4) is 0 Å². The lowest BCUT2D eigenvalue weighted by Gasteiger charge is -2.12. The molecule has 5 heteroatoms. The SMILES string of the molecule is CCC(CCO)CNc1ncns1. The minimum Gasteiger partial charge on any atom is -0.396 e. The summed E-state index contributed by atoms with van der Waals surface area (Å²) < 4.78 is 3.89. The number of nitrogens with zero attached hydrogens (tertiary/aromatic N) is 2. The van der Waals surface area contributed by atoms with Crippen LogP contribution in [0.3, 0.4) is 0 Å². The molecule has 1 aromatic rings. The lowest BCUT2D eigenvalue weighted by Crippen LogP contribution is -2.14. The molecule has 1 rings (SSSR count). The van der Waals surface area contributed by atoms with E-state index < -0.39 is 0 Å². The third kappa shape index (κ3) is 3.69. The second-order valence-electron chi connectivity index (χ2n) is 2.91. The smallest absolute Gasteiger partial charge is 0.202 e. The van der Waals surface area contributed by atoms with Gasteiger partial charge in [0.05, 0.1) is 0 Å². The predicted octanol–water partition coefficient (Wildman–Crippen LogP) is 1.36. The van der Waals surface area contributed by atoms with Crippen LogP contribution in [0.15, 0.2) is 6.33 Å². The first-order valence-corrected chi connectivity index (χ1v) is 5.25. The van der Waals surface area contributed by atoms with Gasteiger partial charge in [0.25, 0.3) is 0 Å². The highest BCUT2D eigenvalue weighted by Crippen LogP contribution is 2.11. The van der Waals surface area contributed by atoms with Gasteiger partial charge in [-0.3, -0.25) is 0 Å². The van der Waals surface area contributed by atoms with E-state index in [4.69, 9.17) is 5.11 Å². The molecule has 1 aromatic heterocycles. The molecule has 0 aliphatic rings. The van der Waals surface area contributed by atoms with Crippen LogP contribution in [0.1, 0.15) is 19.8 Å². The van der Waals surface area contributed by atoms with Crippen LogP contribution in [0, 0.1) is 5.92 Å². The van der Waals surface area contributed by atoms with Crippen LogP contribution in [0.25, 0.3) is 0 Å². The Hall–Kier alpha value is -0.680. The van der Waals surface area contributed by atoms with Crippen LogP contribution in [-0.4, -0.2) is 27.6 Å². The van der Waals surface area contributed by atoms with Crippen molar-refractivity contribution in [3.05, 3.63) is 6.33 Å². The Kier molecular flexibility index (Phi) is 4.70. The van der Waals surface area contributed by atoms with Crippen molar-refractivity contribution < 1.29 is 5.11 Å². The fraction of sp³-hybridized carbons (Fsp3) is 0.750. The number of aromatic nitrogens is 2. The summed E-state index contributed by atoms with van der Waals surface area (Å²) in [4.78, 5) is 4.02. The highest BCUT2D eigenvalue weighted by molar-refractivity contribution is 7.09. The topological polar surface area (TPSA) is 58.0 Å². The van der Waals surface area contributed by atoms with Crippen molar-refractivity contribution in [3.63, 3.8) is 0 Å². The highest BCUT2D eigenvalue weighted by atomic mass is 32.1. The second-order valence-corrected chi connectivity index (χ2v) is 3.69. The normalized spacial score (nSPS) is 12.8. The van der Waals surface area contributed by atoms with Gasteiger partial charge in [-0.1, -0.05) is 13.3 Å². The van der Waals surface area contributed by atoms with Gasteiger partial charge in [-0.25, -0.2) is 4.98 Å². The van der Waals surface area contributed by atoms with E-state index >= 15 is 0 Å². The minimum absolute atomic E-state index is 0.260. The summed E-state index contributed by atoms with van der Waals surface area (Å²) in [5, 5.41) is 12.8. The Bertz CT molecular complexity index is 215. The highest BCUT2D eigenvalue weighted by Gasteiger charge is 2.05. The third-order valence-corrected chi connectivity index (χ3v) is 2.64. The number of nitrogens with one attached hydrogen (secondary N) is 1. The third-order valence-electron chi connectivity index (χ3n) is 2.02. The lowest BCUT2D eigenvalue weighted by atomic mass is 10.0. The Balaban J connectivity index is 2.23. The molecule has 0 aromatic carbocycles. The number of rotatable bonds is 6. The Morgan fingerprint density at radius 2 is 2.54 bits per heavy atom. The van der Waals surface area contributed by atoms with Gasteiger partial charge in [-0.05, 0) is 12.3 Å². The van der Waals surface area contributed by atoms with E-state index in [2.05, 4.69) is 21.6 Å². The molecule has 74 valence electrons. The van der Waals surface area contributed by atoms with Crippen molar-refractivity contribution in [2.75, 3.05) is 18.5 Å². The molecule has 2 N–H and O–H groups in total. The van der Waals surface area contributed by atoms with Crippen molar-refractivity contribution in [1.82, 2.24) is 9.36 Å². The summed E-state index contributed by atoms with van der Waals surface area (Å²) in [5.74, 6) is 0.522. The van der Waals surface area contributed by atoms with Gasteiger partial charge < -0.3 is 10.4 Å². The molecular weight excluding hydrogens is 186 g/mol. The zero-order valence-corrected chi connectivity index (χ0v) is 8.55. The molecule has 4 nitrogen and oxygen atoms in total. The van der Waals surface area contributed by atoms with E-state index in [1.807, 2.05) is 0 Å². The Morgan fingerprint density at radius 3 is 3.08 bits per heavy atom. The molecule has 0 aliphatic heterocycles. The molecule has 0 radical (unpaired) electrons. The number of hydrogen-bond donors (Lipinski definition) is 2. The van der Waals surface area contributed by atoms with Crippen LogP contribution >= 0.6 is 11.5 Å². The summed E-state index contributed by atoms with van der Waals surface area (Å²) in [5.41, 5.74) is 0. The number of anilines is 1. The van der Waals surface area contributed by atoms with Crippen LogP contribution in [0.5, 0.6) is 0 Å². The van der Waals surface area contributed by atoms with Crippen molar-refractivity contribution in [1.29, 1.82) is 0 Å². The molecule has 0 aliphatic carbocycles. The van der Waals surface area contributed by atoms with Gasteiger partial charge in [-0.2, -0.15) is 4.37 Å². The summed E-state index contributed by atoms with van der Waals surface area (Å²) in [6.45, 7) is 3.25. The Morgan fingerprint density at radius 1 is 1.69 bits per heavy atom. The zero-order valence-electron chi connectivity index (χ0n) is 7.73. The van der Waals surface area contributed by atoms with Crippen molar-refractivity contribution in [2.24, 2.45) is 5.92 Å². The number of aliphatic hydroxyl groups is 1. The van der Waals surface area contributed by atoms with E-state index in [9.17, 15) is 0 Å². The maximum atomic E-state index is 8.77. The summed E-state index contributed by atoms with van der Waals surface area (Å²) >= 11 is 1.36. The predicted molar refractivity (Wildman–Crippen MR) is 53.9 cm³/mol. The molecule has 0 amide bonds. The van der Waals surface area contributed by atoms with Crippen LogP contribution in [-0.2, 0) is 0 Å². The first kappa shape index (κ1) is 10.4. The molecule has 0 saturated carbocycles. The average Bonchev–Trinajstić information content (AvgIpc) is 2.64. The van der Waals surface area contributed by atoms with Crippen LogP contribution < -0.4 is 5.32 Å². The van der Waals surface area contributed by atoms with Gasteiger partial charge in [0.2, 0.25) is 5.13 Å². The monoisotopic (exact) mass is 201 g/mol. The maximum Gasteiger partial charge on any atom is 0.202 e. The molecule has 1 heterocycles. The first-order chi connectivity index (χ1) is 6.36. The molecule has 0 fully saturated rings. The van der Waals surface area contributed by atoms with Crippen LogP contribution in [0.2, 0.25) is 0 Å². The van der Waals surface area contributed by atoms with Crippen LogP contribution in [0.4, 0.5) is 5.13 Å². The summed E-state index contributed by atoms with van der Waals surface area (Å²) in [6, 6.07) is 0. The largest absolute Gasteiger partial charge is 0.396 e. The molecular formula is C8H15N3OS. The van der Waals surface area contributed by atoms with Gasteiger partial charge in [-0.15, -0.1) is 0 Å². The fourth-order valence-corrected chi connectivity index (χ4v) is 1.55. The zero-order chi connectivity index (χ0) is 9.52. The van der Waals surface area contributed by atoms with E-state index in [0.717, 1.165) is 24.5 Å². The quantitative estimate of drug-likeness (QED) is 0.729. The van der Waals surface area contributed by atoms with E-state index in [-0.39, 0.29) is 6.61 Å². The van der Waals surface area contributed by atoms with Gasteiger partial charge in [0.15, 0.2) is 0 Å². The molecule has 13 heavy (non-hydrogen) atoms. The van der Waals surface area contributed by atoms with Crippen molar-refractivity contribution in [2.45, 2.75) is 19.8 Å². The number of hydrogen-bond acceptors (Lipinski definition) is 5. The second kappa shape index (κ2) is 5.88. The first-order valence-electron chi connectivity index (χ1n) is 4.48. The molecule has 0 spiro atoms. The summed E-state index contributed by atoms with van der Waals surface area (Å²) in [6.07, 6.45) is 3.47. The molecule has 0 saturated heterocycles. The molecule has 1 unspecified atom stereocenters. The standard InChI is InChI=1S/C8H15N3OS/c1-2-7(3-4-12)5-9-8-10-6-11-13-8/h6-7,12H,2-5H2,1H3,(H,9,10,11). The maximum absolute atomic E-state index is 8.77. The fourth-order valence-electron chi connectivity index (χ4n) is 1.12. The molecule has 1 atom stereocenters. The van der Waals surface area contributed by atoms with E-state index in [1.165, 1.54) is 11.5 Å².